The summed E-state index contributed by atoms with van der Waals surface area (Å²) in [6, 6.07) is 0. The van der Waals surface area contributed by atoms with Gasteiger partial charge >= 0.3 is 5.97 Å². The highest BCUT2D eigenvalue weighted by atomic mass is 16.6. The van der Waals surface area contributed by atoms with Gasteiger partial charge in [-0.2, -0.15) is 0 Å². The maximum Gasteiger partial charge on any atom is 0.335 e. The predicted molar refractivity (Wildman–Crippen MR) is 44.8 cm³/mol. The van der Waals surface area contributed by atoms with Crippen LogP contribution in [0.5, 0.6) is 0 Å². The summed E-state index contributed by atoms with van der Waals surface area (Å²) >= 11 is 0. The van der Waals surface area contributed by atoms with Crippen molar-refractivity contribution >= 4 is 5.97 Å². The van der Waals surface area contributed by atoms with Crippen molar-refractivity contribution in [1.82, 2.24) is 0 Å². The number of aliphatic hydroxyl groups excluding tert-OH is 1. The van der Waals surface area contributed by atoms with E-state index in [1.807, 2.05) is 0 Å². The number of aliphatic hydroxyl groups is 1. The largest absolute Gasteiger partial charge is 0.467 e. The number of esters is 1. The highest BCUT2D eigenvalue weighted by Crippen LogP contribution is 2.19. The zero-order valence-corrected chi connectivity index (χ0v) is 7.40. The molecule has 4 heteroatoms. The van der Waals surface area contributed by atoms with Gasteiger partial charge in [0.2, 0.25) is 0 Å². The average Bonchev–Trinajstić information content (AvgIpc) is 2.15. The zero-order valence-electron chi connectivity index (χ0n) is 7.40. The number of hydrogen-bond acceptors (Lipinski definition) is 4. The van der Waals surface area contributed by atoms with Crippen LogP contribution in [0.25, 0.3) is 0 Å². The smallest absolute Gasteiger partial charge is 0.335 e. The van der Waals surface area contributed by atoms with Crippen molar-refractivity contribution in [2.75, 3.05) is 7.11 Å². The topological polar surface area (TPSA) is 55.8 Å². The van der Waals surface area contributed by atoms with Crippen LogP contribution in [0.4, 0.5) is 0 Å². The van der Waals surface area contributed by atoms with Crippen LogP contribution in [-0.4, -0.2) is 36.5 Å². The van der Waals surface area contributed by atoms with Gasteiger partial charge in [0.25, 0.3) is 0 Å². The molecule has 0 aromatic heterocycles. The van der Waals surface area contributed by atoms with Crippen LogP contribution < -0.4 is 0 Å². The first-order valence-corrected chi connectivity index (χ1v) is 4.05. The van der Waals surface area contributed by atoms with E-state index in [-0.39, 0.29) is 6.42 Å². The van der Waals surface area contributed by atoms with Crippen molar-refractivity contribution in [3.05, 3.63) is 0 Å². The van der Waals surface area contributed by atoms with Crippen molar-refractivity contribution in [2.24, 2.45) is 0 Å². The number of carbonyl (C=O) groups excluding carboxylic acids is 1. The quantitative estimate of drug-likeness (QED) is 0.449. The van der Waals surface area contributed by atoms with Crippen molar-refractivity contribution in [3.8, 4) is 12.3 Å². The standard InChI is InChI=1S/C9H12O4/c1-3-7-4-6(10)5-8(13-7)9(11)12-2/h1,6-8,10H,4-5H2,2H3. The molecule has 4 nitrogen and oxygen atoms in total. The van der Waals surface area contributed by atoms with Gasteiger partial charge in [-0.1, -0.05) is 5.92 Å². The molecule has 1 fully saturated rings. The van der Waals surface area contributed by atoms with Crippen molar-refractivity contribution < 1.29 is 19.4 Å². The summed E-state index contributed by atoms with van der Waals surface area (Å²) in [5.74, 6) is 1.87. The lowest BCUT2D eigenvalue weighted by Crippen LogP contribution is -2.40. The molecule has 0 saturated carbocycles. The van der Waals surface area contributed by atoms with Crippen LogP contribution in [0, 0.1) is 12.3 Å². The van der Waals surface area contributed by atoms with Gasteiger partial charge in [0, 0.05) is 12.8 Å². The fourth-order valence-corrected chi connectivity index (χ4v) is 1.29. The second-order valence-corrected chi connectivity index (χ2v) is 2.93. The fourth-order valence-electron chi connectivity index (χ4n) is 1.29. The highest BCUT2D eigenvalue weighted by Gasteiger charge is 2.32. The zero-order chi connectivity index (χ0) is 9.84. The van der Waals surface area contributed by atoms with E-state index in [2.05, 4.69) is 10.7 Å². The summed E-state index contributed by atoms with van der Waals surface area (Å²) in [5.41, 5.74) is 0. The molecule has 0 spiro atoms. The predicted octanol–water partition coefficient (Wildman–Crippen LogP) is -0.299. The van der Waals surface area contributed by atoms with E-state index in [1.165, 1.54) is 7.11 Å². The molecule has 0 aromatic carbocycles. The first-order chi connectivity index (χ1) is 6.17. The van der Waals surface area contributed by atoms with E-state index in [9.17, 15) is 9.90 Å². The van der Waals surface area contributed by atoms with Gasteiger partial charge in [-0.25, -0.2) is 4.79 Å². The van der Waals surface area contributed by atoms with Crippen LogP contribution in [0.2, 0.25) is 0 Å². The third-order valence-electron chi connectivity index (χ3n) is 1.95. The first kappa shape index (κ1) is 10.0. The summed E-state index contributed by atoms with van der Waals surface area (Å²) in [4.78, 5) is 11.0. The molecule has 1 aliphatic rings. The van der Waals surface area contributed by atoms with Gasteiger partial charge in [0.1, 0.15) is 6.10 Å². The molecule has 0 radical (unpaired) electrons. The minimum absolute atomic E-state index is 0.255. The van der Waals surface area contributed by atoms with Gasteiger partial charge in [0.15, 0.2) is 6.10 Å². The molecule has 0 aromatic rings. The van der Waals surface area contributed by atoms with E-state index in [4.69, 9.17) is 11.2 Å². The lowest BCUT2D eigenvalue weighted by atomic mass is 10.0. The molecular weight excluding hydrogens is 172 g/mol. The van der Waals surface area contributed by atoms with E-state index in [1.54, 1.807) is 0 Å². The van der Waals surface area contributed by atoms with Crippen LogP contribution in [-0.2, 0) is 14.3 Å². The summed E-state index contributed by atoms with van der Waals surface area (Å²) in [7, 11) is 1.28. The molecule has 3 atom stereocenters. The Morgan fingerprint density at radius 2 is 2.38 bits per heavy atom. The minimum atomic E-state index is -0.727. The Kier molecular flexibility index (Phi) is 3.29. The molecule has 1 saturated heterocycles. The van der Waals surface area contributed by atoms with Crippen LogP contribution in [0.15, 0.2) is 0 Å². The Labute approximate surface area is 76.8 Å². The molecule has 0 bridgehead atoms. The number of hydrogen-bond donors (Lipinski definition) is 1. The Morgan fingerprint density at radius 1 is 1.69 bits per heavy atom. The average molecular weight is 184 g/mol. The van der Waals surface area contributed by atoms with Crippen LogP contribution in [0.3, 0.4) is 0 Å². The van der Waals surface area contributed by atoms with E-state index in [0.717, 1.165) is 0 Å². The second kappa shape index (κ2) is 4.26. The Hall–Kier alpha value is -1.05. The molecule has 1 aliphatic heterocycles. The highest BCUT2D eigenvalue weighted by molar-refractivity contribution is 5.74. The molecule has 1 rings (SSSR count). The number of rotatable bonds is 1. The lowest BCUT2D eigenvalue weighted by Gasteiger charge is -2.28. The van der Waals surface area contributed by atoms with E-state index < -0.39 is 24.3 Å². The molecule has 72 valence electrons. The Balaban J connectivity index is 2.58. The molecule has 1 heterocycles. The Bertz CT molecular complexity index is 230. The summed E-state index contributed by atoms with van der Waals surface area (Å²) < 4.78 is 9.68. The molecular formula is C9H12O4. The lowest BCUT2D eigenvalue weighted by molar-refractivity contribution is -0.165. The van der Waals surface area contributed by atoms with Gasteiger partial charge in [-0.05, 0) is 0 Å². The summed E-state index contributed by atoms with van der Waals surface area (Å²) in [6.45, 7) is 0. The molecule has 1 N–H and O–H groups in total. The minimum Gasteiger partial charge on any atom is -0.467 e. The second-order valence-electron chi connectivity index (χ2n) is 2.93. The number of methoxy groups -OCH3 is 1. The number of carbonyl (C=O) groups is 1. The molecule has 3 unspecified atom stereocenters. The molecule has 0 aliphatic carbocycles. The van der Waals surface area contributed by atoms with Gasteiger partial charge in [0.05, 0.1) is 13.2 Å². The summed E-state index contributed by atoms with van der Waals surface area (Å²) in [6.07, 6.45) is 3.96. The van der Waals surface area contributed by atoms with Crippen molar-refractivity contribution in [3.63, 3.8) is 0 Å². The third kappa shape index (κ3) is 2.44. The molecule has 0 amide bonds. The maximum atomic E-state index is 11.0. The van der Waals surface area contributed by atoms with Gasteiger partial charge in [-0.15, -0.1) is 6.42 Å². The maximum absolute atomic E-state index is 11.0. The monoisotopic (exact) mass is 184 g/mol. The van der Waals surface area contributed by atoms with Crippen LogP contribution >= 0.6 is 0 Å². The van der Waals surface area contributed by atoms with Crippen LogP contribution in [0.1, 0.15) is 12.8 Å². The Morgan fingerprint density at radius 3 is 2.92 bits per heavy atom. The van der Waals surface area contributed by atoms with Gasteiger partial charge < -0.3 is 14.6 Å². The number of ether oxygens (including phenoxy) is 2. The SMILES string of the molecule is C#CC1CC(O)CC(C(=O)OC)O1. The van der Waals surface area contributed by atoms with Crippen molar-refractivity contribution in [1.29, 1.82) is 0 Å². The number of terminal acetylenes is 1. The first-order valence-electron chi connectivity index (χ1n) is 4.05. The summed E-state index contributed by atoms with van der Waals surface area (Å²) in [5, 5.41) is 9.34. The van der Waals surface area contributed by atoms with E-state index in [0.29, 0.717) is 6.42 Å². The van der Waals surface area contributed by atoms with E-state index >= 15 is 0 Å². The molecule has 13 heavy (non-hydrogen) atoms. The fraction of sp³-hybridized carbons (Fsp3) is 0.667. The third-order valence-corrected chi connectivity index (χ3v) is 1.95. The van der Waals surface area contributed by atoms with Gasteiger partial charge in [-0.3, -0.25) is 0 Å². The van der Waals surface area contributed by atoms with Crippen molar-refractivity contribution in [2.45, 2.75) is 31.2 Å². The normalized spacial score (nSPS) is 33.5.